The van der Waals surface area contributed by atoms with Crippen molar-refractivity contribution in [1.29, 1.82) is 0 Å². The molecule has 0 saturated carbocycles. The van der Waals surface area contributed by atoms with Gasteiger partial charge < -0.3 is 4.74 Å². The first-order valence-electron chi connectivity index (χ1n) is 8.16. The van der Waals surface area contributed by atoms with Gasteiger partial charge in [-0.3, -0.25) is 4.72 Å². The molecule has 0 amide bonds. The van der Waals surface area contributed by atoms with Gasteiger partial charge in [-0.05, 0) is 48.0 Å². The van der Waals surface area contributed by atoms with Crippen molar-refractivity contribution in [2.45, 2.75) is 16.4 Å². The number of nitrogens with one attached hydrogen (secondary N) is 1. The van der Waals surface area contributed by atoms with Crippen LogP contribution in [0, 0.1) is 0 Å². The molecule has 0 aromatic heterocycles. The molecule has 0 spiro atoms. The van der Waals surface area contributed by atoms with Gasteiger partial charge in [-0.15, -0.1) is 0 Å². The van der Waals surface area contributed by atoms with Crippen LogP contribution in [-0.4, -0.2) is 16.8 Å². The van der Waals surface area contributed by atoms with E-state index >= 15 is 0 Å². The highest BCUT2D eigenvalue weighted by molar-refractivity contribution is 7.93. The lowest BCUT2D eigenvalue weighted by Crippen LogP contribution is -2.16. The van der Waals surface area contributed by atoms with E-state index in [1.165, 1.54) is 18.2 Å². The van der Waals surface area contributed by atoms with Crippen LogP contribution < -0.4 is 14.6 Å². The van der Waals surface area contributed by atoms with Gasteiger partial charge in [-0.2, -0.15) is 0 Å². The van der Waals surface area contributed by atoms with Crippen LogP contribution in [0.4, 0.5) is 5.69 Å². The summed E-state index contributed by atoms with van der Waals surface area (Å²) >= 11 is 0. The molecule has 3 rings (SSSR count). The molecule has 28 heavy (non-hydrogen) atoms. The van der Waals surface area contributed by atoms with Crippen LogP contribution in [0.5, 0.6) is 5.75 Å². The lowest BCUT2D eigenvalue weighted by Gasteiger charge is -2.10. The van der Waals surface area contributed by atoms with Crippen molar-refractivity contribution in [3.05, 3.63) is 84.4 Å². The zero-order valence-electron chi connectivity index (χ0n) is 14.6. The fourth-order valence-corrected chi connectivity index (χ4v) is 4.13. The van der Waals surface area contributed by atoms with Crippen LogP contribution in [0.1, 0.15) is 5.56 Å². The third-order valence-corrected chi connectivity index (χ3v) is 6.09. The molecule has 3 aromatic rings. The second-order valence-electron chi connectivity index (χ2n) is 5.92. The Morgan fingerprint density at radius 3 is 2.07 bits per heavy atom. The van der Waals surface area contributed by atoms with E-state index < -0.39 is 20.0 Å². The second kappa shape index (κ2) is 8.01. The molecule has 9 heteroatoms. The Morgan fingerprint density at radius 2 is 1.43 bits per heavy atom. The number of hydrogen-bond acceptors (Lipinski definition) is 5. The zero-order valence-corrected chi connectivity index (χ0v) is 16.3. The fraction of sp³-hybridized carbons (Fsp3) is 0.0526. The Bertz CT molecular complexity index is 1160. The number of anilines is 1. The van der Waals surface area contributed by atoms with E-state index in [0.29, 0.717) is 18.0 Å². The summed E-state index contributed by atoms with van der Waals surface area (Å²) in [5, 5.41) is 5.05. The molecule has 0 fully saturated rings. The number of ether oxygens (including phenoxy) is 1. The molecule has 0 unspecified atom stereocenters. The number of benzene rings is 3. The van der Waals surface area contributed by atoms with Gasteiger partial charge in [0.05, 0.1) is 9.79 Å². The van der Waals surface area contributed by atoms with E-state index in [-0.39, 0.29) is 9.79 Å². The first kappa shape index (κ1) is 19.9. The van der Waals surface area contributed by atoms with Crippen LogP contribution >= 0.6 is 0 Å². The standard InChI is InChI=1S/C19H18N2O5S2/c20-27(22,23)18-7-4-8-19(13-18)28(24,25)21-16-9-11-17(12-10-16)26-14-15-5-2-1-3-6-15/h1-13,21H,14H2,(H2,20,22,23). The number of hydrogen-bond donors (Lipinski definition) is 2. The molecule has 146 valence electrons. The number of sulfonamides is 2. The first-order valence-corrected chi connectivity index (χ1v) is 11.2. The highest BCUT2D eigenvalue weighted by Gasteiger charge is 2.17. The maximum atomic E-state index is 12.5. The fourth-order valence-electron chi connectivity index (χ4n) is 2.39. The minimum atomic E-state index is -4.00. The summed E-state index contributed by atoms with van der Waals surface area (Å²) in [5.41, 5.74) is 1.33. The van der Waals surface area contributed by atoms with E-state index in [0.717, 1.165) is 11.6 Å². The van der Waals surface area contributed by atoms with Gasteiger partial charge >= 0.3 is 0 Å². The molecule has 0 heterocycles. The molecule has 0 aliphatic rings. The third-order valence-electron chi connectivity index (χ3n) is 3.80. The van der Waals surface area contributed by atoms with E-state index in [1.807, 2.05) is 30.3 Å². The van der Waals surface area contributed by atoms with Crippen LogP contribution in [0.3, 0.4) is 0 Å². The van der Waals surface area contributed by atoms with Crippen molar-refractivity contribution in [1.82, 2.24) is 0 Å². The predicted octanol–water partition coefficient (Wildman–Crippen LogP) is 2.71. The Labute approximate surface area is 163 Å². The van der Waals surface area contributed by atoms with Gasteiger partial charge in [0.1, 0.15) is 12.4 Å². The van der Waals surface area contributed by atoms with Crippen LogP contribution in [0.25, 0.3) is 0 Å². The van der Waals surface area contributed by atoms with E-state index in [4.69, 9.17) is 9.88 Å². The SMILES string of the molecule is NS(=O)(=O)c1cccc(S(=O)(=O)Nc2ccc(OCc3ccccc3)cc2)c1. The summed E-state index contributed by atoms with van der Waals surface area (Å²) in [6, 6.07) is 20.9. The highest BCUT2D eigenvalue weighted by atomic mass is 32.2. The van der Waals surface area contributed by atoms with Crippen molar-refractivity contribution in [3.8, 4) is 5.75 Å². The van der Waals surface area contributed by atoms with Gasteiger partial charge in [0, 0.05) is 5.69 Å². The first-order chi connectivity index (χ1) is 13.2. The summed E-state index contributed by atoms with van der Waals surface area (Å²) < 4.78 is 55.9. The van der Waals surface area contributed by atoms with Crippen molar-refractivity contribution in [2.75, 3.05) is 4.72 Å². The summed E-state index contributed by atoms with van der Waals surface area (Å²) in [6.07, 6.45) is 0. The molecule has 3 N–H and O–H groups in total. The van der Waals surface area contributed by atoms with E-state index in [9.17, 15) is 16.8 Å². The summed E-state index contributed by atoms with van der Waals surface area (Å²) in [7, 11) is -7.98. The molecule has 7 nitrogen and oxygen atoms in total. The smallest absolute Gasteiger partial charge is 0.261 e. The van der Waals surface area contributed by atoms with Crippen LogP contribution in [0.15, 0.2) is 88.7 Å². The van der Waals surface area contributed by atoms with Crippen molar-refractivity contribution < 1.29 is 21.6 Å². The van der Waals surface area contributed by atoms with Crippen LogP contribution in [-0.2, 0) is 26.7 Å². The van der Waals surface area contributed by atoms with Crippen molar-refractivity contribution in [2.24, 2.45) is 5.14 Å². The predicted molar refractivity (Wildman–Crippen MR) is 106 cm³/mol. The highest BCUT2D eigenvalue weighted by Crippen LogP contribution is 2.21. The van der Waals surface area contributed by atoms with E-state index in [1.54, 1.807) is 24.3 Å². The lowest BCUT2D eigenvalue weighted by atomic mass is 10.2. The Hall–Kier alpha value is -2.88. The van der Waals surface area contributed by atoms with Crippen molar-refractivity contribution >= 4 is 25.7 Å². The zero-order chi connectivity index (χ0) is 20.2. The molecule has 0 aliphatic carbocycles. The van der Waals surface area contributed by atoms with Gasteiger partial charge in [0.25, 0.3) is 10.0 Å². The summed E-state index contributed by atoms with van der Waals surface area (Å²) in [4.78, 5) is -0.483. The molecule has 0 aliphatic heterocycles. The minimum absolute atomic E-state index is 0.205. The maximum absolute atomic E-state index is 12.5. The van der Waals surface area contributed by atoms with Gasteiger partial charge in [-0.1, -0.05) is 36.4 Å². The van der Waals surface area contributed by atoms with Crippen LogP contribution in [0.2, 0.25) is 0 Å². The van der Waals surface area contributed by atoms with Gasteiger partial charge in [0.15, 0.2) is 0 Å². The summed E-state index contributed by atoms with van der Waals surface area (Å²) in [6.45, 7) is 0.395. The molecule has 3 aromatic carbocycles. The van der Waals surface area contributed by atoms with Gasteiger partial charge in [-0.25, -0.2) is 22.0 Å². The molecule has 0 bridgehead atoms. The Morgan fingerprint density at radius 1 is 0.786 bits per heavy atom. The Kier molecular flexibility index (Phi) is 5.68. The monoisotopic (exact) mass is 418 g/mol. The van der Waals surface area contributed by atoms with Gasteiger partial charge in [0.2, 0.25) is 10.0 Å². The lowest BCUT2D eigenvalue weighted by molar-refractivity contribution is 0.306. The average Bonchev–Trinajstić information content (AvgIpc) is 2.67. The minimum Gasteiger partial charge on any atom is -0.489 e. The molecule has 0 radical (unpaired) electrons. The quantitative estimate of drug-likeness (QED) is 0.612. The molecular formula is C19H18N2O5S2. The van der Waals surface area contributed by atoms with E-state index in [2.05, 4.69) is 4.72 Å². The topological polar surface area (TPSA) is 116 Å². The largest absolute Gasteiger partial charge is 0.489 e. The maximum Gasteiger partial charge on any atom is 0.261 e. The second-order valence-corrected chi connectivity index (χ2v) is 9.17. The number of nitrogens with two attached hydrogens (primary N) is 1. The number of rotatable bonds is 7. The molecule has 0 atom stereocenters. The average molecular weight is 418 g/mol. The van der Waals surface area contributed by atoms with Crippen molar-refractivity contribution in [3.63, 3.8) is 0 Å². The molecular weight excluding hydrogens is 400 g/mol. The Balaban J connectivity index is 1.71. The normalized spacial score (nSPS) is 11.8. The summed E-state index contributed by atoms with van der Waals surface area (Å²) in [5.74, 6) is 0.586. The number of primary sulfonamides is 1. The molecule has 0 saturated heterocycles. The third kappa shape index (κ3) is 5.10.